The van der Waals surface area contributed by atoms with Gasteiger partial charge in [-0.1, -0.05) is 0 Å². The Morgan fingerprint density at radius 2 is 1.78 bits per heavy atom. The molecule has 8 nitrogen and oxygen atoms in total. The Kier molecular flexibility index (Phi) is 4.30. The highest BCUT2D eigenvalue weighted by atomic mass is 19.1. The van der Waals surface area contributed by atoms with Crippen molar-refractivity contribution in [3.8, 4) is 0 Å². The zero-order valence-electron chi connectivity index (χ0n) is 11.8. The fourth-order valence-corrected chi connectivity index (χ4v) is 1.92. The first-order chi connectivity index (χ1) is 10.8. The van der Waals surface area contributed by atoms with Crippen LogP contribution in [-0.2, 0) is 0 Å². The molecule has 0 unspecified atom stereocenters. The lowest BCUT2D eigenvalue weighted by atomic mass is 10.1. The van der Waals surface area contributed by atoms with Crippen molar-refractivity contribution < 1.29 is 19.0 Å². The maximum atomic E-state index is 13.6. The fourth-order valence-electron chi connectivity index (χ4n) is 1.92. The van der Waals surface area contributed by atoms with Crippen molar-refractivity contribution in [2.75, 3.05) is 5.32 Å². The summed E-state index contributed by atoms with van der Waals surface area (Å²) in [5.74, 6) is -1.56. The average Bonchev–Trinajstić information content (AvgIpc) is 2.48. The van der Waals surface area contributed by atoms with Crippen LogP contribution in [0.3, 0.4) is 0 Å². The summed E-state index contributed by atoms with van der Waals surface area (Å²) < 4.78 is 13.6. The van der Waals surface area contributed by atoms with Crippen LogP contribution in [0.4, 0.5) is 21.5 Å². The summed E-state index contributed by atoms with van der Waals surface area (Å²) in [6, 6.07) is 6.40. The molecule has 2 rings (SSSR count). The van der Waals surface area contributed by atoms with Gasteiger partial charge in [0.05, 0.1) is 15.5 Å². The van der Waals surface area contributed by atoms with Crippen LogP contribution in [-0.4, -0.2) is 15.8 Å². The molecule has 0 spiro atoms. The molecule has 118 valence electrons. The zero-order valence-corrected chi connectivity index (χ0v) is 11.8. The number of aryl methyl sites for hydroxylation is 1. The molecule has 0 fully saturated rings. The van der Waals surface area contributed by atoms with E-state index in [1.165, 1.54) is 19.1 Å². The molecule has 0 aromatic heterocycles. The Labute approximate surface area is 128 Å². The fraction of sp³-hybridized carbons (Fsp3) is 0.0714. The molecule has 0 aliphatic heterocycles. The Morgan fingerprint density at radius 1 is 1.09 bits per heavy atom. The van der Waals surface area contributed by atoms with E-state index < -0.39 is 21.6 Å². The van der Waals surface area contributed by atoms with Crippen molar-refractivity contribution in [2.45, 2.75) is 6.92 Å². The number of nitro groups is 2. The van der Waals surface area contributed by atoms with E-state index >= 15 is 0 Å². The zero-order chi connectivity index (χ0) is 17.1. The number of carbonyl (C=O) groups is 1. The summed E-state index contributed by atoms with van der Waals surface area (Å²) in [6.45, 7) is 1.46. The molecule has 0 saturated heterocycles. The third-order valence-corrected chi connectivity index (χ3v) is 3.06. The molecule has 9 heteroatoms. The van der Waals surface area contributed by atoms with E-state index in [9.17, 15) is 29.4 Å². The third kappa shape index (κ3) is 3.46. The second-order valence-electron chi connectivity index (χ2n) is 4.63. The van der Waals surface area contributed by atoms with Gasteiger partial charge in [-0.25, -0.2) is 4.39 Å². The first-order valence-electron chi connectivity index (χ1n) is 6.30. The number of halogens is 1. The summed E-state index contributed by atoms with van der Waals surface area (Å²) in [7, 11) is 0. The van der Waals surface area contributed by atoms with Crippen molar-refractivity contribution in [3.05, 3.63) is 73.6 Å². The first kappa shape index (κ1) is 16.0. The van der Waals surface area contributed by atoms with E-state index in [1.54, 1.807) is 0 Å². The molecule has 0 atom stereocenters. The van der Waals surface area contributed by atoms with Crippen LogP contribution in [0.25, 0.3) is 0 Å². The maximum Gasteiger partial charge on any atom is 0.272 e. The highest BCUT2D eigenvalue weighted by molar-refractivity contribution is 6.04. The van der Waals surface area contributed by atoms with E-state index in [0.29, 0.717) is 0 Å². The smallest absolute Gasteiger partial charge is 0.272 e. The number of nitrogens with one attached hydrogen (secondary N) is 1. The van der Waals surface area contributed by atoms with E-state index in [4.69, 9.17) is 0 Å². The molecule has 0 saturated carbocycles. The molecule has 0 aliphatic carbocycles. The number of benzene rings is 2. The number of nitrogens with zero attached hydrogens (tertiary/aromatic N) is 2. The average molecular weight is 319 g/mol. The Morgan fingerprint density at radius 3 is 2.35 bits per heavy atom. The number of carbonyl (C=O) groups excluding carboxylic acids is 1. The lowest BCUT2D eigenvalue weighted by Crippen LogP contribution is -2.13. The standard InChI is InChI=1S/C14H10FN3O5/c1-8-6-9(2-5-13(8)18(22)23)14(19)16-12-7-10(17(20)21)3-4-11(12)15/h2-7H,1H3,(H,16,19). The van der Waals surface area contributed by atoms with Crippen LogP contribution in [0, 0.1) is 33.0 Å². The number of non-ortho nitro benzene ring substituents is 1. The predicted octanol–water partition coefficient (Wildman–Crippen LogP) is 3.20. The molecular weight excluding hydrogens is 309 g/mol. The van der Waals surface area contributed by atoms with Gasteiger partial charge in [-0.2, -0.15) is 0 Å². The molecule has 0 heterocycles. The highest BCUT2D eigenvalue weighted by Gasteiger charge is 2.16. The van der Waals surface area contributed by atoms with Crippen LogP contribution in [0.1, 0.15) is 15.9 Å². The minimum absolute atomic E-state index is 0.0685. The van der Waals surface area contributed by atoms with Gasteiger partial charge < -0.3 is 5.32 Å². The molecule has 2 aromatic carbocycles. The lowest BCUT2D eigenvalue weighted by molar-refractivity contribution is -0.385. The van der Waals surface area contributed by atoms with Gasteiger partial charge in [0.25, 0.3) is 17.3 Å². The topological polar surface area (TPSA) is 115 Å². The van der Waals surface area contributed by atoms with Crippen molar-refractivity contribution in [1.29, 1.82) is 0 Å². The van der Waals surface area contributed by atoms with Gasteiger partial charge in [-0.3, -0.25) is 25.0 Å². The number of amides is 1. The Bertz CT molecular complexity index is 822. The number of hydrogen-bond acceptors (Lipinski definition) is 5. The minimum atomic E-state index is -0.831. The largest absolute Gasteiger partial charge is 0.319 e. The molecule has 0 bridgehead atoms. The molecule has 2 aromatic rings. The SMILES string of the molecule is Cc1cc(C(=O)Nc2cc([N+](=O)[O-])ccc2F)ccc1[N+](=O)[O-]. The number of rotatable bonds is 4. The highest BCUT2D eigenvalue weighted by Crippen LogP contribution is 2.23. The van der Waals surface area contributed by atoms with Gasteiger partial charge >= 0.3 is 0 Å². The maximum absolute atomic E-state index is 13.6. The van der Waals surface area contributed by atoms with E-state index in [1.807, 2.05) is 0 Å². The van der Waals surface area contributed by atoms with Gasteiger partial charge in [0.2, 0.25) is 0 Å². The van der Waals surface area contributed by atoms with E-state index in [0.717, 1.165) is 24.3 Å². The van der Waals surface area contributed by atoms with Crippen LogP contribution < -0.4 is 5.32 Å². The first-order valence-corrected chi connectivity index (χ1v) is 6.30. The van der Waals surface area contributed by atoms with Gasteiger partial charge in [-0.05, 0) is 25.1 Å². The number of anilines is 1. The second-order valence-corrected chi connectivity index (χ2v) is 4.63. The predicted molar refractivity (Wildman–Crippen MR) is 78.8 cm³/mol. The van der Waals surface area contributed by atoms with Gasteiger partial charge in [0, 0.05) is 29.3 Å². The Hall–Kier alpha value is -3.36. The van der Waals surface area contributed by atoms with Gasteiger partial charge in [0.1, 0.15) is 5.82 Å². The van der Waals surface area contributed by atoms with Crippen LogP contribution in [0.2, 0.25) is 0 Å². The van der Waals surface area contributed by atoms with Crippen molar-refractivity contribution >= 4 is 23.0 Å². The molecule has 0 aliphatic rings. The minimum Gasteiger partial charge on any atom is -0.319 e. The summed E-state index contributed by atoms with van der Waals surface area (Å²) in [5, 5.41) is 23.6. The second kappa shape index (κ2) is 6.18. The summed E-state index contributed by atoms with van der Waals surface area (Å²) in [5.41, 5.74) is -0.536. The number of nitro benzene ring substituents is 2. The summed E-state index contributed by atoms with van der Waals surface area (Å²) >= 11 is 0. The van der Waals surface area contributed by atoms with Gasteiger partial charge in [-0.15, -0.1) is 0 Å². The third-order valence-electron chi connectivity index (χ3n) is 3.06. The van der Waals surface area contributed by atoms with E-state index in [-0.39, 0.29) is 28.2 Å². The summed E-state index contributed by atoms with van der Waals surface area (Å²) in [6.07, 6.45) is 0. The van der Waals surface area contributed by atoms with Crippen molar-refractivity contribution in [1.82, 2.24) is 0 Å². The quantitative estimate of drug-likeness (QED) is 0.686. The number of hydrogen-bond donors (Lipinski definition) is 1. The van der Waals surface area contributed by atoms with Crippen LogP contribution in [0.15, 0.2) is 36.4 Å². The summed E-state index contributed by atoms with van der Waals surface area (Å²) in [4.78, 5) is 32.2. The van der Waals surface area contributed by atoms with Crippen LogP contribution >= 0.6 is 0 Å². The van der Waals surface area contributed by atoms with Gasteiger partial charge in [0.15, 0.2) is 0 Å². The lowest BCUT2D eigenvalue weighted by Gasteiger charge is -2.07. The Balaban J connectivity index is 2.29. The molecule has 0 radical (unpaired) electrons. The molecular formula is C14H10FN3O5. The molecule has 23 heavy (non-hydrogen) atoms. The monoisotopic (exact) mass is 319 g/mol. The molecule has 1 N–H and O–H groups in total. The normalized spacial score (nSPS) is 10.2. The van der Waals surface area contributed by atoms with E-state index in [2.05, 4.69) is 5.32 Å². The van der Waals surface area contributed by atoms with Crippen molar-refractivity contribution in [3.63, 3.8) is 0 Å². The molecule has 1 amide bonds. The van der Waals surface area contributed by atoms with Crippen LogP contribution in [0.5, 0.6) is 0 Å². The van der Waals surface area contributed by atoms with Crippen molar-refractivity contribution in [2.24, 2.45) is 0 Å².